The van der Waals surface area contributed by atoms with E-state index in [1.165, 1.54) is 6.42 Å². The van der Waals surface area contributed by atoms with E-state index in [1.54, 1.807) is 11.8 Å². The van der Waals surface area contributed by atoms with Crippen LogP contribution in [-0.4, -0.2) is 43.0 Å². The van der Waals surface area contributed by atoms with Crippen LogP contribution >= 0.6 is 11.8 Å². The fourth-order valence-corrected chi connectivity index (χ4v) is 2.33. The van der Waals surface area contributed by atoms with Gasteiger partial charge in [0.2, 0.25) is 0 Å². The highest BCUT2D eigenvalue weighted by atomic mass is 32.2. The molecule has 1 unspecified atom stereocenters. The third-order valence-corrected chi connectivity index (χ3v) is 3.57. The number of hydrogen-bond donors (Lipinski definition) is 2. The Morgan fingerprint density at radius 1 is 1.44 bits per heavy atom. The number of nitrogens with one attached hydrogen (secondary N) is 2. The SMILES string of the molecule is CNc1cc(NCCC2CCOC2)nc(SC)n1. The van der Waals surface area contributed by atoms with Gasteiger partial charge in [0, 0.05) is 32.9 Å². The Labute approximate surface area is 112 Å². The number of nitrogens with zero attached hydrogens (tertiary/aromatic N) is 2. The molecule has 1 atom stereocenters. The normalized spacial score (nSPS) is 18.9. The van der Waals surface area contributed by atoms with Gasteiger partial charge >= 0.3 is 0 Å². The second-order valence-corrected chi connectivity index (χ2v) is 5.09. The predicted octanol–water partition coefficient (Wildman–Crippen LogP) is 2.08. The maximum atomic E-state index is 5.37. The summed E-state index contributed by atoms with van der Waals surface area (Å²) in [7, 11) is 1.87. The Morgan fingerprint density at radius 3 is 2.94 bits per heavy atom. The number of rotatable bonds is 6. The maximum absolute atomic E-state index is 5.37. The first-order valence-electron chi connectivity index (χ1n) is 6.24. The number of thioether (sulfide) groups is 1. The first kappa shape index (κ1) is 13.4. The first-order chi connectivity index (χ1) is 8.81. The van der Waals surface area contributed by atoms with Gasteiger partial charge in [-0.25, -0.2) is 9.97 Å². The van der Waals surface area contributed by atoms with Crippen LogP contribution in [0.2, 0.25) is 0 Å². The molecule has 1 aliphatic rings. The van der Waals surface area contributed by atoms with Crippen LogP contribution in [0, 0.1) is 5.92 Å². The van der Waals surface area contributed by atoms with E-state index < -0.39 is 0 Å². The van der Waals surface area contributed by atoms with Gasteiger partial charge in [-0.1, -0.05) is 11.8 Å². The third-order valence-electron chi connectivity index (χ3n) is 3.03. The summed E-state index contributed by atoms with van der Waals surface area (Å²) in [5, 5.41) is 7.20. The van der Waals surface area contributed by atoms with Crippen molar-refractivity contribution in [3.05, 3.63) is 6.07 Å². The smallest absolute Gasteiger partial charge is 0.191 e. The van der Waals surface area contributed by atoms with Gasteiger partial charge in [0.15, 0.2) is 5.16 Å². The number of ether oxygens (including phenoxy) is 1. The van der Waals surface area contributed by atoms with Crippen LogP contribution in [-0.2, 0) is 4.74 Å². The van der Waals surface area contributed by atoms with Gasteiger partial charge < -0.3 is 15.4 Å². The van der Waals surface area contributed by atoms with E-state index in [2.05, 4.69) is 20.6 Å². The van der Waals surface area contributed by atoms with Crippen molar-refractivity contribution in [2.75, 3.05) is 43.7 Å². The molecule has 0 aliphatic carbocycles. The highest BCUT2D eigenvalue weighted by Gasteiger charge is 2.14. The quantitative estimate of drug-likeness (QED) is 0.608. The minimum Gasteiger partial charge on any atom is -0.381 e. The lowest BCUT2D eigenvalue weighted by Crippen LogP contribution is -2.10. The van der Waals surface area contributed by atoms with E-state index in [9.17, 15) is 0 Å². The van der Waals surface area contributed by atoms with Crippen LogP contribution in [0.25, 0.3) is 0 Å². The molecule has 100 valence electrons. The Morgan fingerprint density at radius 2 is 2.28 bits per heavy atom. The fourth-order valence-electron chi connectivity index (χ4n) is 1.95. The van der Waals surface area contributed by atoms with Crippen LogP contribution in [0.3, 0.4) is 0 Å². The highest BCUT2D eigenvalue weighted by molar-refractivity contribution is 7.98. The van der Waals surface area contributed by atoms with E-state index in [0.717, 1.165) is 43.0 Å². The van der Waals surface area contributed by atoms with Crippen molar-refractivity contribution in [2.24, 2.45) is 5.92 Å². The van der Waals surface area contributed by atoms with E-state index in [4.69, 9.17) is 4.74 Å². The molecule has 0 spiro atoms. The largest absolute Gasteiger partial charge is 0.381 e. The lowest BCUT2D eigenvalue weighted by molar-refractivity contribution is 0.185. The molecule has 2 N–H and O–H groups in total. The summed E-state index contributed by atoms with van der Waals surface area (Å²) in [6, 6.07) is 1.94. The van der Waals surface area contributed by atoms with Crippen LogP contribution in [0.5, 0.6) is 0 Å². The van der Waals surface area contributed by atoms with Gasteiger partial charge in [-0.05, 0) is 25.0 Å². The number of aromatic nitrogens is 2. The Bertz CT molecular complexity index is 360. The van der Waals surface area contributed by atoms with Crippen molar-refractivity contribution < 1.29 is 4.74 Å². The molecule has 1 aliphatic heterocycles. The van der Waals surface area contributed by atoms with Crippen molar-refractivity contribution >= 4 is 23.4 Å². The Hall–Kier alpha value is -1.01. The topological polar surface area (TPSA) is 59.1 Å². The Balaban J connectivity index is 1.87. The molecule has 6 heteroatoms. The highest BCUT2D eigenvalue weighted by Crippen LogP contribution is 2.19. The van der Waals surface area contributed by atoms with Gasteiger partial charge in [0.1, 0.15) is 11.6 Å². The zero-order valence-electron chi connectivity index (χ0n) is 10.9. The summed E-state index contributed by atoms with van der Waals surface area (Å²) in [5.41, 5.74) is 0. The van der Waals surface area contributed by atoms with Crippen molar-refractivity contribution in [3.63, 3.8) is 0 Å². The zero-order chi connectivity index (χ0) is 12.8. The van der Waals surface area contributed by atoms with Crippen molar-refractivity contribution in [1.82, 2.24) is 9.97 Å². The van der Waals surface area contributed by atoms with Crippen LogP contribution in [0.15, 0.2) is 11.2 Å². The first-order valence-corrected chi connectivity index (χ1v) is 7.46. The van der Waals surface area contributed by atoms with Crippen molar-refractivity contribution in [3.8, 4) is 0 Å². The third kappa shape index (κ3) is 3.74. The van der Waals surface area contributed by atoms with Gasteiger partial charge in [0.05, 0.1) is 0 Å². The molecule has 18 heavy (non-hydrogen) atoms. The predicted molar refractivity (Wildman–Crippen MR) is 75.4 cm³/mol. The van der Waals surface area contributed by atoms with Gasteiger partial charge in [-0.15, -0.1) is 0 Å². The van der Waals surface area contributed by atoms with Gasteiger partial charge in [0.25, 0.3) is 0 Å². The molecular weight excluding hydrogens is 248 g/mol. The number of hydrogen-bond acceptors (Lipinski definition) is 6. The molecule has 0 saturated carbocycles. The molecule has 0 radical (unpaired) electrons. The molecule has 2 heterocycles. The summed E-state index contributed by atoms with van der Waals surface area (Å²) < 4.78 is 5.37. The summed E-state index contributed by atoms with van der Waals surface area (Å²) >= 11 is 1.55. The van der Waals surface area contributed by atoms with E-state index in [1.807, 2.05) is 19.4 Å². The average molecular weight is 268 g/mol. The molecular formula is C12H20N4OS. The summed E-state index contributed by atoms with van der Waals surface area (Å²) in [6.45, 7) is 2.75. The molecule has 1 aromatic rings. The Kier molecular flexibility index (Phi) is 5.07. The minimum absolute atomic E-state index is 0.697. The maximum Gasteiger partial charge on any atom is 0.191 e. The molecule has 1 saturated heterocycles. The fraction of sp³-hybridized carbons (Fsp3) is 0.667. The molecule has 1 fully saturated rings. The molecule has 0 aromatic carbocycles. The van der Waals surface area contributed by atoms with E-state index >= 15 is 0 Å². The number of anilines is 2. The second kappa shape index (κ2) is 6.80. The summed E-state index contributed by atoms with van der Waals surface area (Å²) in [4.78, 5) is 8.77. The van der Waals surface area contributed by atoms with Gasteiger partial charge in [-0.3, -0.25) is 0 Å². The molecule has 1 aromatic heterocycles. The minimum atomic E-state index is 0.697. The van der Waals surface area contributed by atoms with E-state index in [0.29, 0.717) is 5.92 Å². The second-order valence-electron chi connectivity index (χ2n) is 4.32. The average Bonchev–Trinajstić information content (AvgIpc) is 2.91. The molecule has 5 nitrogen and oxygen atoms in total. The molecule has 2 rings (SSSR count). The summed E-state index contributed by atoms with van der Waals surface area (Å²) in [6.07, 6.45) is 4.30. The monoisotopic (exact) mass is 268 g/mol. The van der Waals surface area contributed by atoms with Crippen LogP contribution in [0.4, 0.5) is 11.6 Å². The standard InChI is InChI=1S/C12H20N4OS/c1-13-10-7-11(16-12(15-10)18-2)14-5-3-9-4-6-17-8-9/h7,9H,3-6,8H2,1-2H3,(H2,13,14,15,16). The lowest BCUT2D eigenvalue weighted by Gasteiger charge is -2.11. The van der Waals surface area contributed by atoms with E-state index in [-0.39, 0.29) is 0 Å². The lowest BCUT2D eigenvalue weighted by atomic mass is 10.1. The van der Waals surface area contributed by atoms with Gasteiger partial charge in [-0.2, -0.15) is 0 Å². The van der Waals surface area contributed by atoms with Crippen molar-refractivity contribution in [2.45, 2.75) is 18.0 Å². The molecule has 0 bridgehead atoms. The van der Waals surface area contributed by atoms with Crippen LogP contribution < -0.4 is 10.6 Å². The van der Waals surface area contributed by atoms with Crippen LogP contribution in [0.1, 0.15) is 12.8 Å². The molecule has 0 amide bonds. The zero-order valence-corrected chi connectivity index (χ0v) is 11.7. The summed E-state index contributed by atoms with van der Waals surface area (Å²) in [5.74, 6) is 2.43. The van der Waals surface area contributed by atoms with Crippen molar-refractivity contribution in [1.29, 1.82) is 0 Å².